The summed E-state index contributed by atoms with van der Waals surface area (Å²) in [7, 11) is 0. The number of imide groups is 1. The molecule has 0 spiro atoms. The summed E-state index contributed by atoms with van der Waals surface area (Å²) in [6, 6.07) is 0. The maximum absolute atomic E-state index is 12.2. The van der Waals surface area contributed by atoms with Gasteiger partial charge in [-0.1, -0.05) is 0 Å². The van der Waals surface area contributed by atoms with E-state index in [2.05, 4.69) is 0 Å². The Hall–Kier alpha value is -1.79. The first-order valence-corrected chi connectivity index (χ1v) is 7.95. The van der Waals surface area contributed by atoms with Crippen molar-refractivity contribution in [1.82, 2.24) is 4.90 Å². The smallest absolute Gasteiger partial charge is 0.419 e. The van der Waals surface area contributed by atoms with Gasteiger partial charge >= 0.3 is 18.2 Å². The second kappa shape index (κ2) is 7.85. The highest BCUT2D eigenvalue weighted by Crippen LogP contribution is 2.15. The number of rotatable bonds is 3. The summed E-state index contributed by atoms with van der Waals surface area (Å²) in [5.41, 5.74) is -2.19. The van der Waals surface area contributed by atoms with Gasteiger partial charge in [-0.25, -0.2) is 14.5 Å². The van der Waals surface area contributed by atoms with Crippen LogP contribution in [0.1, 0.15) is 68.7 Å². The highest BCUT2D eigenvalue weighted by Gasteiger charge is 2.31. The number of nitrogens with zero attached hydrogens (tertiary/aromatic N) is 1. The Morgan fingerprint density at radius 2 is 1.00 bits per heavy atom. The molecule has 7 heteroatoms. The van der Waals surface area contributed by atoms with Crippen LogP contribution in [0.15, 0.2) is 0 Å². The van der Waals surface area contributed by atoms with Crippen molar-refractivity contribution in [2.75, 3.05) is 6.54 Å². The molecule has 0 aromatic carbocycles. The van der Waals surface area contributed by atoms with E-state index < -0.39 is 35.0 Å². The number of esters is 1. The van der Waals surface area contributed by atoms with Crippen molar-refractivity contribution in [2.24, 2.45) is 0 Å². The Balaban J connectivity index is 5.03. The van der Waals surface area contributed by atoms with Crippen molar-refractivity contribution in [2.45, 2.75) is 85.5 Å². The standard InChI is InChI=1S/C17H31NO6/c1-15(2,3)22-12(19)10-11-18(13(20)23-16(4,5)6)14(21)24-17(7,8)9/h10-11H2,1-9H3. The van der Waals surface area contributed by atoms with E-state index in [4.69, 9.17) is 14.2 Å². The molecule has 0 bridgehead atoms. The molecule has 0 aromatic rings. The largest absolute Gasteiger partial charge is 0.460 e. The molecule has 2 amide bonds. The Morgan fingerprint density at radius 3 is 1.29 bits per heavy atom. The molecule has 0 rings (SSSR count). The van der Waals surface area contributed by atoms with Gasteiger partial charge in [0.25, 0.3) is 0 Å². The van der Waals surface area contributed by atoms with E-state index in [1.54, 1.807) is 62.3 Å². The molecular formula is C17H31NO6. The van der Waals surface area contributed by atoms with Crippen molar-refractivity contribution in [3.63, 3.8) is 0 Å². The third-order valence-electron chi connectivity index (χ3n) is 2.19. The Morgan fingerprint density at radius 1 is 0.667 bits per heavy atom. The maximum atomic E-state index is 12.2. The van der Waals surface area contributed by atoms with Gasteiger partial charge in [0.2, 0.25) is 0 Å². The predicted octanol–water partition coefficient (Wildman–Crippen LogP) is 3.89. The Bertz CT molecular complexity index is 437. The molecule has 0 atom stereocenters. The van der Waals surface area contributed by atoms with Gasteiger partial charge in [0, 0.05) is 6.54 Å². The summed E-state index contributed by atoms with van der Waals surface area (Å²) in [6.07, 6.45) is -1.86. The summed E-state index contributed by atoms with van der Waals surface area (Å²) in [4.78, 5) is 37.1. The quantitative estimate of drug-likeness (QED) is 0.570. The van der Waals surface area contributed by atoms with Crippen molar-refractivity contribution in [1.29, 1.82) is 0 Å². The summed E-state index contributed by atoms with van der Waals surface area (Å²) in [5.74, 6) is -0.514. The van der Waals surface area contributed by atoms with Crippen LogP contribution >= 0.6 is 0 Å². The van der Waals surface area contributed by atoms with E-state index in [1.807, 2.05) is 0 Å². The lowest BCUT2D eigenvalue weighted by Crippen LogP contribution is -2.44. The van der Waals surface area contributed by atoms with Crippen LogP contribution in [0.3, 0.4) is 0 Å². The fourth-order valence-electron chi connectivity index (χ4n) is 1.49. The van der Waals surface area contributed by atoms with Gasteiger partial charge in [-0.3, -0.25) is 4.79 Å². The monoisotopic (exact) mass is 345 g/mol. The molecule has 0 aromatic heterocycles. The number of carbonyl (C=O) groups excluding carboxylic acids is 3. The summed E-state index contributed by atoms with van der Waals surface area (Å²) in [6.45, 7) is 15.2. The van der Waals surface area contributed by atoms with Gasteiger partial charge in [-0.2, -0.15) is 0 Å². The molecule has 0 radical (unpaired) electrons. The average Bonchev–Trinajstić information content (AvgIpc) is 2.20. The van der Waals surface area contributed by atoms with Crippen LogP contribution in [0.2, 0.25) is 0 Å². The van der Waals surface area contributed by atoms with Gasteiger partial charge in [0.15, 0.2) is 0 Å². The lowest BCUT2D eigenvalue weighted by atomic mass is 10.2. The van der Waals surface area contributed by atoms with Crippen molar-refractivity contribution in [3.05, 3.63) is 0 Å². The number of amides is 2. The van der Waals surface area contributed by atoms with Crippen LogP contribution in [0, 0.1) is 0 Å². The third-order valence-corrected chi connectivity index (χ3v) is 2.19. The minimum atomic E-state index is -0.861. The second-order valence-corrected chi connectivity index (χ2v) is 8.45. The van der Waals surface area contributed by atoms with E-state index >= 15 is 0 Å². The van der Waals surface area contributed by atoms with E-state index in [0.29, 0.717) is 0 Å². The zero-order chi connectivity index (χ0) is 19.3. The molecule has 0 saturated heterocycles. The number of hydrogen-bond acceptors (Lipinski definition) is 6. The molecular weight excluding hydrogens is 314 g/mol. The zero-order valence-electron chi connectivity index (χ0n) is 16.3. The highest BCUT2D eigenvalue weighted by atomic mass is 16.6. The van der Waals surface area contributed by atoms with Gasteiger partial charge < -0.3 is 14.2 Å². The minimum absolute atomic E-state index is 0.143. The van der Waals surface area contributed by atoms with E-state index in [0.717, 1.165) is 4.90 Å². The lowest BCUT2D eigenvalue weighted by molar-refractivity contribution is -0.154. The van der Waals surface area contributed by atoms with Gasteiger partial charge in [-0.05, 0) is 62.3 Å². The normalized spacial score (nSPS) is 12.4. The van der Waals surface area contributed by atoms with Gasteiger partial charge in [0.05, 0.1) is 6.42 Å². The second-order valence-electron chi connectivity index (χ2n) is 8.45. The molecule has 0 unspecified atom stereocenters. The van der Waals surface area contributed by atoms with Crippen LogP contribution in [-0.4, -0.2) is 46.4 Å². The molecule has 7 nitrogen and oxygen atoms in total. The number of ether oxygens (including phenoxy) is 3. The van der Waals surface area contributed by atoms with Crippen LogP contribution in [0.4, 0.5) is 9.59 Å². The highest BCUT2D eigenvalue weighted by molar-refractivity contribution is 5.88. The maximum Gasteiger partial charge on any atom is 0.419 e. The molecule has 0 aliphatic heterocycles. The van der Waals surface area contributed by atoms with Crippen molar-refractivity contribution < 1.29 is 28.6 Å². The molecule has 0 heterocycles. The predicted molar refractivity (Wildman–Crippen MR) is 89.6 cm³/mol. The zero-order valence-corrected chi connectivity index (χ0v) is 16.3. The summed E-state index contributed by atoms with van der Waals surface area (Å²) < 4.78 is 15.6. The molecule has 0 saturated carbocycles. The molecule has 0 fully saturated rings. The molecule has 0 aliphatic carbocycles. The first-order valence-electron chi connectivity index (χ1n) is 7.95. The molecule has 24 heavy (non-hydrogen) atoms. The first-order chi connectivity index (χ1) is 10.5. The van der Waals surface area contributed by atoms with Gasteiger partial charge in [0.1, 0.15) is 16.8 Å². The molecule has 0 aliphatic rings. The average molecular weight is 345 g/mol. The Labute approximate surface area is 144 Å². The van der Waals surface area contributed by atoms with E-state index in [-0.39, 0.29) is 13.0 Å². The molecule has 0 N–H and O–H groups in total. The van der Waals surface area contributed by atoms with Gasteiger partial charge in [-0.15, -0.1) is 0 Å². The Kier molecular flexibility index (Phi) is 7.27. The van der Waals surface area contributed by atoms with Crippen molar-refractivity contribution >= 4 is 18.2 Å². The fourth-order valence-corrected chi connectivity index (χ4v) is 1.49. The fraction of sp³-hybridized carbons (Fsp3) is 0.824. The third kappa shape index (κ3) is 10.9. The number of hydrogen-bond donors (Lipinski definition) is 0. The van der Waals surface area contributed by atoms with Crippen molar-refractivity contribution in [3.8, 4) is 0 Å². The van der Waals surface area contributed by atoms with E-state index in [9.17, 15) is 14.4 Å². The minimum Gasteiger partial charge on any atom is -0.460 e. The van der Waals surface area contributed by atoms with Crippen LogP contribution in [-0.2, 0) is 19.0 Å². The number of carbonyl (C=O) groups is 3. The van der Waals surface area contributed by atoms with Crippen LogP contribution in [0.25, 0.3) is 0 Å². The first kappa shape index (κ1) is 22.2. The SMILES string of the molecule is CC(C)(C)OC(=O)CCN(C(=O)OC(C)(C)C)C(=O)OC(C)(C)C. The topological polar surface area (TPSA) is 82.1 Å². The summed E-state index contributed by atoms with van der Waals surface area (Å²) in [5, 5.41) is 0. The lowest BCUT2D eigenvalue weighted by Gasteiger charge is -2.28. The summed E-state index contributed by atoms with van der Waals surface area (Å²) >= 11 is 0. The molecule has 140 valence electrons. The van der Waals surface area contributed by atoms with Crippen LogP contribution < -0.4 is 0 Å². The van der Waals surface area contributed by atoms with Crippen LogP contribution in [0.5, 0.6) is 0 Å². The van der Waals surface area contributed by atoms with E-state index in [1.165, 1.54) is 0 Å².